The van der Waals surface area contributed by atoms with Crippen LogP contribution in [-0.4, -0.2) is 50.9 Å². The fourth-order valence-corrected chi connectivity index (χ4v) is 4.71. The topological polar surface area (TPSA) is 131 Å². The lowest BCUT2D eigenvalue weighted by Gasteiger charge is -2.34. The molecule has 0 spiro atoms. The molecule has 0 aliphatic heterocycles. The van der Waals surface area contributed by atoms with E-state index in [9.17, 15) is 22.8 Å². The molecule has 1 rings (SSSR count). The first-order chi connectivity index (χ1) is 15.9. The van der Waals surface area contributed by atoms with E-state index in [-0.39, 0.29) is 17.2 Å². The molecule has 0 saturated carbocycles. The van der Waals surface area contributed by atoms with Crippen LogP contribution in [0.15, 0.2) is 35.2 Å². The highest BCUT2D eigenvalue weighted by atomic mass is 32.2. The molecule has 198 valence electrons. The fraction of sp³-hybridized carbons (Fsp3) is 0.640. The Bertz CT molecular complexity index is 979. The van der Waals surface area contributed by atoms with E-state index < -0.39 is 56.8 Å². The van der Waals surface area contributed by atoms with Crippen molar-refractivity contribution in [3.8, 4) is 0 Å². The Labute approximate surface area is 209 Å². The average molecular weight is 512 g/mol. The number of hydrogen-bond donors (Lipinski definition) is 3. The summed E-state index contributed by atoms with van der Waals surface area (Å²) in [5.74, 6) is -3.07. The summed E-state index contributed by atoms with van der Waals surface area (Å²) in [6.45, 7) is 14.1. The Morgan fingerprint density at radius 1 is 0.943 bits per heavy atom. The number of hydrogen-bond acceptors (Lipinski definition) is 6. The van der Waals surface area contributed by atoms with Gasteiger partial charge < -0.3 is 15.4 Å². The van der Waals surface area contributed by atoms with Crippen molar-refractivity contribution in [3.05, 3.63) is 30.3 Å². The zero-order chi connectivity index (χ0) is 27.2. The number of sulfonamides is 1. The Balaban J connectivity index is 3.51. The quantitative estimate of drug-likeness (QED) is 0.414. The van der Waals surface area contributed by atoms with E-state index in [1.165, 1.54) is 19.2 Å². The Morgan fingerprint density at radius 3 is 1.91 bits per heavy atom. The SMILES string of the molecule is CNC(=O)[C@@H](NC(=O)[C@H](CC(C)C)[C@H](NS(=O)(=O)c1ccccc1)C(=O)OC(C)(C)C)C(C)(C)C. The number of rotatable bonds is 10. The zero-order valence-electron chi connectivity index (χ0n) is 22.3. The Hall–Kier alpha value is -2.46. The molecule has 0 aliphatic carbocycles. The minimum atomic E-state index is -4.16. The molecule has 1 aromatic carbocycles. The van der Waals surface area contributed by atoms with Gasteiger partial charge in [-0.25, -0.2) is 8.42 Å². The van der Waals surface area contributed by atoms with Gasteiger partial charge in [0.15, 0.2) is 0 Å². The second-order valence-corrected chi connectivity index (χ2v) is 12.8. The van der Waals surface area contributed by atoms with Gasteiger partial charge in [0.1, 0.15) is 17.7 Å². The van der Waals surface area contributed by atoms with Crippen LogP contribution >= 0.6 is 0 Å². The fourth-order valence-electron chi connectivity index (χ4n) is 3.47. The first kappa shape index (κ1) is 30.6. The third-order valence-electron chi connectivity index (χ3n) is 5.12. The molecule has 0 saturated heterocycles. The number of carbonyl (C=O) groups excluding carboxylic acids is 3. The number of amides is 2. The monoisotopic (exact) mass is 511 g/mol. The van der Waals surface area contributed by atoms with E-state index in [4.69, 9.17) is 4.74 Å². The first-order valence-electron chi connectivity index (χ1n) is 11.7. The van der Waals surface area contributed by atoms with Gasteiger partial charge in [-0.3, -0.25) is 14.4 Å². The summed E-state index contributed by atoms with van der Waals surface area (Å²) in [5, 5.41) is 5.29. The van der Waals surface area contributed by atoms with Crippen molar-refractivity contribution in [1.29, 1.82) is 0 Å². The standard InChI is InChI=1S/C25H41N3O6S/c1-16(2)15-18(21(29)27-20(22(30)26-9)24(3,4)5)19(23(31)34-25(6,7)8)28-35(32,33)17-13-11-10-12-14-17/h10-14,16,18-20,28H,15H2,1-9H3,(H,26,30)(H,27,29)/t18-,19+,20-/m1/s1. The van der Waals surface area contributed by atoms with Crippen molar-refractivity contribution in [2.45, 2.75) is 84.4 Å². The molecular formula is C25H41N3O6S. The summed E-state index contributed by atoms with van der Waals surface area (Å²) in [5.41, 5.74) is -1.55. The third-order valence-corrected chi connectivity index (χ3v) is 6.58. The second kappa shape index (κ2) is 12.0. The van der Waals surface area contributed by atoms with Crippen molar-refractivity contribution in [2.24, 2.45) is 17.3 Å². The lowest BCUT2D eigenvalue weighted by Crippen LogP contribution is -2.58. The maximum atomic E-state index is 13.6. The number of ether oxygens (including phenoxy) is 1. The maximum Gasteiger partial charge on any atom is 0.325 e. The highest BCUT2D eigenvalue weighted by molar-refractivity contribution is 7.89. The van der Waals surface area contributed by atoms with Crippen molar-refractivity contribution in [3.63, 3.8) is 0 Å². The predicted octanol–water partition coefficient (Wildman–Crippen LogP) is 2.61. The van der Waals surface area contributed by atoms with Gasteiger partial charge in [-0.1, -0.05) is 52.8 Å². The van der Waals surface area contributed by atoms with Crippen LogP contribution in [-0.2, 0) is 29.1 Å². The summed E-state index contributed by atoms with van der Waals surface area (Å²) in [6, 6.07) is 5.18. The third kappa shape index (κ3) is 9.60. The summed E-state index contributed by atoms with van der Waals surface area (Å²) >= 11 is 0. The summed E-state index contributed by atoms with van der Waals surface area (Å²) < 4.78 is 34.2. The number of likely N-dealkylation sites (N-methyl/N-ethyl adjacent to an activating group) is 1. The molecule has 3 N–H and O–H groups in total. The van der Waals surface area contributed by atoms with E-state index in [1.807, 2.05) is 13.8 Å². The van der Waals surface area contributed by atoms with Gasteiger partial charge >= 0.3 is 5.97 Å². The number of carbonyl (C=O) groups is 3. The summed E-state index contributed by atoms with van der Waals surface area (Å²) in [4.78, 5) is 39.3. The number of esters is 1. The maximum absolute atomic E-state index is 13.6. The van der Waals surface area contributed by atoms with Gasteiger partial charge in [-0.2, -0.15) is 4.72 Å². The van der Waals surface area contributed by atoms with Crippen molar-refractivity contribution < 1.29 is 27.5 Å². The van der Waals surface area contributed by atoms with Gasteiger partial charge in [-0.15, -0.1) is 0 Å². The summed E-state index contributed by atoms with van der Waals surface area (Å²) in [6.07, 6.45) is 0.178. The van der Waals surface area contributed by atoms with E-state index in [0.29, 0.717) is 0 Å². The molecule has 0 radical (unpaired) electrons. The van der Waals surface area contributed by atoms with Gasteiger partial charge in [0, 0.05) is 7.05 Å². The van der Waals surface area contributed by atoms with Crippen LogP contribution in [0.25, 0.3) is 0 Å². The minimum Gasteiger partial charge on any atom is -0.459 e. The molecule has 0 heterocycles. The number of benzene rings is 1. The van der Waals surface area contributed by atoms with Crippen LogP contribution in [0.4, 0.5) is 0 Å². The van der Waals surface area contributed by atoms with Crippen LogP contribution in [0.3, 0.4) is 0 Å². The molecule has 0 aliphatic rings. The van der Waals surface area contributed by atoms with Crippen LogP contribution < -0.4 is 15.4 Å². The van der Waals surface area contributed by atoms with Gasteiger partial charge in [0.25, 0.3) is 0 Å². The second-order valence-electron chi connectivity index (χ2n) is 11.1. The highest BCUT2D eigenvalue weighted by Crippen LogP contribution is 2.25. The summed E-state index contributed by atoms with van der Waals surface area (Å²) in [7, 11) is -2.69. The zero-order valence-corrected chi connectivity index (χ0v) is 23.1. The van der Waals surface area contributed by atoms with E-state index >= 15 is 0 Å². The minimum absolute atomic E-state index is 0.0461. The average Bonchev–Trinajstić information content (AvgIpc) is 2.72. The molecule has 1 aromatic rings. The highest BCUT2D eigenvalue weighted by Gasteiger charge is 2.42. The van der Waals surface area contributed by atoms with Crippen LogP contribution in [0.1, 0.15) is 61.8 Å². The lowest BCUT2D eigenvalue weighted by atomic mass is 9.84. The van der Waals surface area contributed by atoms with E-state index in [0.717, 1.165) is 0 Å². The van der Waals surface area contributed by atoms with Gasteiger partial charge in [-0.05, 0) is 50.7 Å². The van der Waals surface area contributed by atoms with Crippen molar-refractivity contribution in [1.82, 2.24) is 15.4 Å². The molecule has 35 heavy (non-hydrogen) atoms. The molecule has 9 nitrogen and oxygen atoms in total. The smallest absolute Gasteiger partial charge is 0.325 e. The predicted molar refractivity (Wildman–Crippen MR) is 135 cm³/mol. The van der Waals surface area contributed by atoms with Crippen LogP contribution in [0.5, 0.6) is 0 Å². The van der Waals surface area contributed by atoms with E-state index in [1.54, 1.807) is 59.7 Å². The largest absolute Gasteiger partial charge is 0.459 e. The molecule has 0 fully saturated rings. The molecule has 10 heteroatoms. The van der Waals surface area contributed by atoms with Gasteiger partial charge in [0.05, 0.1) is 10.8 Å². The van der Waals surface area contributed by atoms with Crippen LogP contribution in [0.2, 0.25) is 0 Å². The Kier molecular flexibility index (Phi) is 10.5. The number of nitrogens with one attached hydrogen (secondary N) is 3. The van der Waals surface area contributed by atoms with Crippen LogP contribution in [0, 0.1) is 17.3 Å². The normalized spacial score (nSPS) is 15.1. The van der Waals surface area contributed by atoms with Gasteiger partial charge in [0.2, 0.25) is 21.8 Å². The molecule has 0 bridgehead atoms. The van der Waals surface area contributed by atoms with Crippen molar-refractivity contribution in [2.75, 3.05) is 7.05 Å². The molecule has 0 unspecified atom stereocenters. The molecule has 0 aromatic heterocycles. The first-order valence-corrected chi connectivity index (χ1v) is 13.2. The molecule has 2 amide bonds. The lowest BCUT2D eigenvalue weighted by molar-refractivity contribution is -0.160. The van der Waals surface area contributed by atoms with E-state index in [2.05, 4.69) is 15.4 Å². The Morgan fingerprint density at radius 2 is 1.49 bits per heavy atom. The van der Waals surface area contributed by atoms with Crippen molar-refractivity contribution >= 4 is 27.8 Å². The molecular weight excluding hydrogens is 470 g/mol. The molecule has 3 atom stereocenters.